The Labute approximate surface area is 149 Å². The van der Waals surface area contributed by atoms with Crippen molar-refractivity contribution < 1.29 is 4.79 Å². The molecule has 0 saturated heterocycles. The Morgan fingerprint density at radius 2 is 2.12 bits per heavy atom. The van der Waals surface area contributed by atoms with Crippen LogP contribution in [0.4, 0.5) is 0 Å². The van der Waals surface area contributed by atoms with E-state index >= 15 is 0 Å². The number of carbonyl (C=O) groups excluding carboxylic acids is 1. The zero-order chi connectivity index (χ0) is 18.6. The van der Waals surface area contributed by atoms with E-state index in [0.717, 1.165) is 10.1 Å². The van der Waals surface area contributed by atoms with Crippen LogP contribution in [0.1, 0.15) is 31.0 Å². The van der Waals surface area contributed by atoms with Crippen LogP contribution in [0.25, 0.3) is 0 Å². The Balaban J connectivity index is 2.25. The van der Waals surface area contributed by atoms with Gasteiger partial charge >= 0.3 is 5.69 Å². The monoisotopic (exact) mass is 360 g/mol. The molecule has 0 aliphatic heterocycles. The third kappa shape index (κ3) is 4.17. The molecule has 130 valence electrons. The molecule has 1 N–H and O–H groups in total. The molecule has 7 nitrogen and oxygen atoms in total. The summed E-state index contributed by atoms with van der Waals surface area (Å²) in [7, 11) is 0. The van der Waals surface area contributed by atoms with Crippen LogP contribution in [0.15, 0.2) is 40.1 Å². The molecule has 0 aliphatic carbocycles. The van der Waals surface area contributed by atoms with Gasteiger partial charge in [0.1, 0.15) is 18.2 Å². The summed E-state index contributed by atoms with van der Waals surface area (Å²) < 4.78 is 1.98. The van der Waals surface area contributed by atoms with Gasteiger partial charge in [0.05, 0.1) is 6.04 Å². The van der Waals surface area contributed by atoms with Crippen LogP contribution >= 0.6 is 11.6 Å². The Morgan fingerprint density at radius 1 is 1.40 bits per heavy atom. The third-order valence-corrected chi connectivity index (χ3v) is 3.96. The molecule has 8 heteroatoms. The lowest BCUT2D eigenvalue weighted by Crippen LogP contribution is -2.44. The molecular weight excluding hydrogens is 344 g/mol. The van der Waals surface area contributed by atoms with E-state index in [1.807, 2.05) is 6.07 Å². The average molecular weight is 361 g/mol. The quantitative estimate of drug-likeness (QED) is 0.872. The van der Waals surface area contributed by atoms with Gasteiger partial charge in [0.2, 0.25) is 5.91 Å². The third-order valence-electron chi connectivity index (χ3n) is 3.73. The first-order valence-electron chi connectivity index (χ1n) is 7.66. The van der Waals surface area contributed by atoms with E-state index < -0.39 is 23.7 Å². The number of aromatic nitrogens is 2. The van der Waals surface area contributed by atoms with Gasteiger partial charge in [0.15, 0.2) is 0 Å². The number of hydrogen-bond donors (Lipinski definition) is 1. The van der Waals surface area contributed by atoms with Crippen molar-refractivity contribution in [1.29, 1.82) is 5.26 Å². The molecule has 0 radical (unpaired) electrons. The summed E-state index contributed by atoms with van der Waals surface area (Å²) in [6, 6.07) is 8.41. The van der Waals surface area contributed by atoms with Crippen molar-refractivity contribution in [1.82, 2.24) is 14.5 Å². The van der Waals surface area contributed by atoms with E-state index in [9.17, 15) is 14.4 Å². The number of nitrogens with zero attached hydrogens (tertiary/aromatic N) is 3. The van der Waals surface area contributed by atoms with Gasteiger partial charge < -0.3 is 5.32 Å². The summed E-state index contributed by atoms with van der Waals surface area (Å²) in [6.07, 6.45) is 1.20. The summed E-state index contributed by atoms with van der Waals surface area (Å²) in [6.45, 7) is 3.30. The van der Waals surface area contributed by atoms with Gasteiger partial charge in [-0.1, -0.05) is 23.7 Å². The minimum absolute atomic E-state index is 0.183. The van der Waals surface area contributed by atoms with E-state index in [1.165, 1.54) is 10.8 Å². The standard InChI is InChI=1S/C17H17ClN4O3/c1-3-21-9-13(8-19)16(24)22(17(21)25)10-15(23)20-11(2)12-5-4-6-14(18)7-12/h4-7,9,11H,3,10H2,1-2H3,(H,20,23). The van der Waals surface area contributed by atoms with Crippen LogP contribution in [0.2, 0.25) is 5.02 Å². The Kier molecular flexibility index (Phi) is 5.78. The Morgan fingerprint density at radius 3 is 2.72 bits per heavy atom. The molecule has 1 aromatic carbocycles. The average Bonchev–Trinajstić information content (AvgIpc) is 2.59. The maximum Gasteiger partial charge on any atom is 0.331 e. The normalized spacial score (nSPS) is 11.6. The molecule has 0 fully saturated rings. The number of amides is 1. The second-order valence-electron chi connectivity index (χ2n) is 5.46. The zero-order valence-corrected chi connectivity index (χ0v) is 14.6. The predicted molar refractivity (Wildman–Crippen MR) is 93.4 cm³/mol. The Hall–Kier alpha value is -2.85. The highest BCUT2D eigenvalue weighted by atomic mass is 35.5. The van der Waals surface area contributed by atoms with Crippen molar-refractivity contribution in [2.24, 2.45) is 0 Å². The van der Waals surface area contributed by atoms with E-state index in [-0.39, 0.29) is 18.2 Å². The van der Waals surface area contributed by atoms with Gasteiger partial charge in [0, 0.05) is 17.8 Å². The first-order chi connectivity index (χ1) is 11.9. The van der Waals surface area contributed by atoms with Gasteiger partial charge in [0.25, 0.3) is 5.56 Å². The van der Waals surface area contributed by atoms with Crippen molar-refractivity contribution >= 4 is 17.5 Å². The summed E-state index contributed by atoms with van der Waals surface area (Å²) in [5, 5.41) is 12.3. The Bertz CT molecular complexity index is 956. The number of aryl methyl sites for hydroxylation is 1. The molecule has 1 atom stereocenters. The number of nitriles is 1. The molecule has 1 aromatic heterocycles. The molecule has 1 heterocycles. The lowest BCUT2D eigenvalue weighted by Gasteiger charge is -2.15. The van der Waals surface area contributed by atoms with Gasteiger partial charge in [-0.2, -0.15) is 5.26 Å². The second kappa shape index (κ2) is 7.81. The number of hydrogen-bond acceptors (Lipinski definition) is 4. The highest BCUT2D eigenvalue weighted by Crippen LogP contribution is 2.17. The molecule has 0 bridgehead atoms. The summed E-state index contributed by atoms with van der Waals surface area (Å²) in [4.78, 5) is 36.6. The van der Waals surface area contributed by atoms with Crippen LogP contribution in [-0.4, -0.2) is 15.0 Å². The fraction of sp³-hybridized carbons (Fsp3) is 0.294. The summed E-state index contributed by atoms with van der Waals surface area (Å²) in [5.74, 6) is -0.510. The highest BCUT2D eigenvalue weighted by Gasteiger charge is 2.16. The molecule has 2 aromatic rings. The predicted octanol–water partition coefficient (Wildman–Crippen LogP) is 1.43. The van der Waals surface area contributed by atoms with E-state index in [0.29, 0.717) is 5.02 Å². The largest absolute Gasteiger partial charge is 0.348 e. The molecule has 2 rings (SSSR count). The highest BCUT2D eigenvalue weighted by molar-refractivity contribution is 6.30. The first-order valence-corrected chi connectivity index (χ1v) is 8.04. The maximum atomic E-state index is 12.2. The molecule has 0 spiro atoms. The molecular formula is C17H17ClN4O3. The van der Waals surface area contributed by atoms with Gasteiger partial charge in [-0.05, 0) is 31.5 Å². The van der Waals surface area contributed by atoms with E-state index in [2.05, 4.69) is 5.32 Å². The van der Waals surface area contributed by atoms with Gasteiger partial charge in [-0.25, -0.2) is 9.36 Å². The topological polar surface area (TPSA) is 96.9 Å². The van der Waals surface area contributed by atoms with Crippen LogP contribution in [-0.2, 0) is 17.9 Å². The summed E-state index contributed by atoms with van der Waals surface area (Å²) >= 11 is 5.93. The lowest BCUT2D eigenvalue weighted by molar-refractivity contribution is -0.122. The minimum Gasteiger partial charge on any atom is -0.348 e. The SMILES string of the molecule is CCn1cc(C#N)c(=O)n(CC(=O)NC(C)c2cccc(Cl)c2)c1=O. The number of carbonyl (C=O) groups is 1. The fourth-order valence-corrected chi connectivity index (χ4v) is 2.58. The van der Waals surface area contributed by atoms with Crippen LogP contribution in [0, 0.1) is 11.3 Å². The van der Waals surface area contributed by atoms with Crippen molar-refractivity contribution in [3.63, 3.8) is 0 Å². The van der Waals surface area contributed by atoms with Gasteiger partial charge in [-0.15, -0.1) is 0 Å². The van der Waals surface area contributed by atoms with E-state index in [4.69, 9.17) is 16.9 Å². The zero-order valence-electron chi connectivity index (χ0n) is 13.8. The van der Waals surface area contributed by atoms with Crippen molar-refractivity contribution in [2.45, 2.75) is 33.0 Å². The van der Waals surface area contributed by atoms with Crippen LogP contribution < -0.4 is 16.6 Å². The molecule has 0 saturated carbocycles. The lowest BCUT2D eigenvalue weighted by atomic mass is 10.1. The molecule has 25 heavy (non-hydrogen) atoms. The first kappa shape index (κ1) is 18.5. The van der Waals surface area contributed by atoms with Crippen LogP contribution in [0.5, 0.6) is 0 Å². The van der Waals surface area contributed by atoms with Crippen molar-refractivity contribution in [3.05, 3.63) is 67.4 Å². The fourth-order valence-electron chi connectivity index (χ4n) is 2.39. The molecule has 1 amide bonds. The van der Waals surface area contributed by atoms with Crippen molar-refractivity contribution in [3.8, 4) is 6.07 Å². The maximum absolute atomic E-state index is 12.2. The number of nitrogens with one attached hydrogen (secondary N) is 1. The number of rotatable bonds is 5. The van der Waals surface area contributed by atoms with Gasteiger partial charge in [-0.3, -0.25) is 14.2 Å². The van der Waals surface area contributed by atoms with Crippen LogP contribution in [0.3, 0.4) is 0 Å². The number of halogens is 1. The summed E-state index contributed by atoms with van der Waals surface area (Å²) in [5.41, 5.74) is -0.790. The smallest absolute Gasteiger partial charge is 0.331 e. The number of benzene rings is 1. The molecule has 1 unspecified atom stereocenters. The minimum atomic E-state index is -0.775. The van der Waals surface area contributed by atoms with E-state index in [1.54, 1.807) is 38.1 Å². The molecule has 0 aliphatic rings. The second-order valence-corrected chi connectivity index (χ2v) is 5.90. The van der Waals surface area contributed by atoms with Crippen molar-refractivity contribution in [2.75, 3.05) is 0 Å².